The molecular weight excluding hydrogens is 422 g/mol. The van der Waals surface area contributed by atoms with E-state index in [1.54, 1.807) is 0 Å². The van der Waals surface area contributed by atoms with Gasteiger partial charge < -0.3 is 14.9 Å². The molecule has 0 saturated carbocycles. The number of thioether (sulfide) groups is 1. The van der Waals surface area contributed by atoms with Crippen LogP contribution < -0.4 is 4.90 Å². The zero-order valence-electron chi connectivity index (χ0n) is 18.8. The van der Waals surface area contributed by atoms with Crippen molar-refractivity contribution < 1.29 is 14.7 Å². The number of anilines is 1. The fraction of sp³-hybridized carbons (Fsp3) is 0.400. The fourth-order valence-electron chi connectivity index (χ4n) is 4.23. The number of carboxylic acids is 1. The van der Waals surface area contributed by atoms with Crippen LogP contribution in [0.1, 0.15) is 42.3 Å². The Balaban J connectivity index is 1.42. The third kappa shape index (κ3) is 4.83. The molecule has 168 valence electrons. The Morgan fingerprint density at radius 1 is 1.06 bits per heavy atom. The van der Waals surface area contributed by atoms with Crippen LogP contribution in [0.15, 0.2) is 47.5 Å². The van der Waals surface area contributed by atoms with Gasteiger partial charge in [-0.15, -0.1) is 0 Å². The van der Waals surface area contributed by atoms with E-state index in [9.17, 15) is 9.59 Å². The van der Waals surface area contributed by atoms with Gasteiger partial charge in [-0.2, -0.15) is 0 Å². The molecule has 2 aliphatic rings. The number of piperazine rings is 1. The van der Waals surface area contributed by atoms with Crippen molar-refractivity contribution in [1.29, 1.82) is 0 Å². The molecule has 2 aromatic carbocycles. The van der Waals surface area contributed by atoms with E-state index in [1.807, 2.05) is 23.1 Å². The minimum atomic E-state index is -0.853. The van der Waals surface area contributed by atoms with E-state index in [0.717, 1.165) is 29.4 Å². The zero-order valence-corrected chi connectivity index (χ0v) is 19.6. The molecule has 6 nitrogen and oxygen atoms in total. The highest BCUT2D eigenvalue weighted by Crippen LogP contribution is 2.33. The molecule has 1 fully saturated rings. The quantitative estimate of drug-likeness (QED) is 0.748. The Morgan fingerprint density at radius 3 is 2.47 bits per heavy atom. The van der Waals surface area contributed by atoms with E-state index in [-0.39, 0.29) is 17.1 Å². The molecule has 0 atom stereocenters. The minimum absolute atomic E-state index is 0.00122. The Morgan fingerprint density at radius 2 is 1.78 bits per heavy atom. The summed E-state index contributed by atoms with van der Waals surface area (Å²) >= 11 is 1.24. The molecule has 2 aliphatic heterocycles. The molecule has 32 heavy (non-hydrogen) atoms. The number of carboxylic acid groups (broad SMARTS) is 1. The highest BCUT2D eigenvalue weighted by molar-refractivity contribution is 8.14. The molecule has 2 heterocycles. The first kappa shape index (κ1) is 22.4. The second kappa shape index (κ2) is 8.98. The number of carbonyl (C=O) groups is 2. The van der Waals surface area contributed by atoms with Crippen LogP contribution in [0.2, 0.25) is 0 Å². The van der Waals surface area contributed by atoms with E-state index in [0.29, 0.717) is 25.1 Å². The number of hydrogen-bond acceptors (Lipinski definition) is 5. The summed E-state index contributed by atoms with van der Waals surface area (Å²) < 4.78 is 0. The molecule has 1 amide bonds. The molecule has 0 bridgehead atoms. The van der Waals surface area contributed by atoms with Gasteiger partial charge >= 0.3 is 5.97 Å². The Labute approximate surface area is 193 Å². The molecule has 0 spiro atoms. The normalized spacial score (nSPS) is 16.0. The second-order valence-electron chi connectivity index (χ2n) is 9.25. The molecule has 1 N–H and O–H groups in total. The average Bonchev–Trinajstić information content (AvgIpc) is 3.19. The molecule has 1 saturated heterocycles. The van der Waals surface area contributed by atoms with E-state index < -0.39 is 5.97 Å². The number of aliphatic carboxylic acids is 1. The van der Waals surface area contributed by atoms with E-state index in [2.05, 4.69) is 54.9 Å². The van der Waals surface area contributed by atoms with E-state index in [1.165, 1.54) is 23.0 Å². The maximum absolute atomic E-state index is 13.1. The molecule has 0 aliphatic carbocycles. The van der Waals surface area contributed by atoms with Gasteiger partial charge in [0.15, 0.2) is 0 Å². The number of rotatable bonds is 4. The summed E-state index contributed by atoms with van der Waals surface area (Å²) in [7, 11) is 0. The summed E-state index contributed by atoms with van der Waals surface area (Å²) in [6, 6.07) is 14.2. The lowest BCUT2D eigenvalue weighted by molar-refractivity contribution is -0.133. The van der Waals surface area contributed by atoms with Gasteiger partial charge in [0, 0.05) is 43.9 Å². The van der Waals surface area contributed by atoms with Gasteiger partial charge in [0.05, 0.1) is 16.5 Å². The van der Waals surface area contributed by atoms with Crippen LogP contribution in [0.4, 0.5) is 11.4 Å². The van der Waals surface area contributed by atoms with Gasteiger partial charge in [-0.25, -0.2) is 4.99 Å². The minimum Gasteiger partial charge on any atom is -0.481 e. The van der Waals surface area contributed by atoms with Gasteiger partial charge in [-0.05, 0) is 34.7 Å². The van der Waals surface area contributed by atoms with Crippen LogP contribution >= 0.6 is 11.8 Å². The van der Waals surface area contributed by atoms with Crippen LogP contribution in [0.3, 0.4) is 0 Å². The largest absolute Gasteiger partial charge is 0.481 e. The van der Waals surface area contributed by atoms with Gasteiger partial charge in [-0.1, -0.05) is 56.8 Å². The lowest BCUT2D eigenvalue weighted by atomic mass is 9.85. The van der Waals surface area contributed by atoms with Crippen molar-refractivity contribution in [2.75, 3.05) is 36.8 Å². The van der Waals surface area contributed by atoms with Gasteiger partial charge in [0.25, 0.3) is 5.91 Å². The van der Waals surface area contributed by atoms with Crippen molar-refractivity contribution in [2.45, 2.75) is 32.6 Å². The van der Waals surface area contributed by atoms with Crippen LogP contribution in [0.25, 0.3) is 0 Å². The number of carbonyl (C=O) groups excluding carboxylic acids is 1. The highest BCUT2D eigenvalue weighted by atomic mass is 32.2. The number of amides is 1. The van der Waals surface area contributed by atoms with Crippen molar-refractivity contribution in [3.63, 3.8) is 0 Å². The molecule has 4 rings (SSSR count). The average molecular weight is 452 g/mol. The summed E-state index contributed by atoms with van der Waals surface area (Å²) in [5.74, 6) is -0.825. The van der Waals surface area contributed by atoms with E-state index in [4.69, 9.17) is 5.11 Å². The Kier molecular flexibility index (Phi) is 6.29. The molecule has 0 aromatic heterocycles. The van der Waals surface area contributed by atoms with Gasteiger partial charge in [-0.3, -0.25) is 9.59 Å². The van der Waals surface area contributed by atoms with Crippen LogP contribution in [-0.4, -0.2) is 58.9 Å². The first-order chi connectivity index (χ1) is 15.2. The Hall–Kier alpha value is -2.80. The first-order valence-electron chi connectivity index (χ1n) is 10.9. The lowest BCUT2D eigenvalue weighted by Crippen LogP contribution is -2.49. The van der Waals surface area contributed by atoms with Gasteiger partial charge in [0.2, 0.25) is 0 Å². The van der Waals surface area contributed by atoms with Crippen molar-refractivity contribution in [3.05, 3.63) is 59.2 Å². The molecule has 2 aromatic rings. The van der Waals surface area contributed by atoms with Crippen molar-refractivity contribution >= 4 is 40.1 Å². The summed E-state index contributed by atoms with van der Waals surface area (Å²) in [5, 5.41) is 9.66. The number of para-hydroxylation sites is 1. The van der Waals surface area contributed by atoms with Crippen molar-refractivity contribution in [3.8, 4) is 0 Å². The van der Waals surface area contributed by atoms with Crippen molar-refractivity contribution in [2.24, 2.45) is 4.99 Å². The maximum Gasteiger partial charge on any atom is 0.313 e. The first-order valence-corrected chi connectivity index (χ1v) is 11.9. The third-order valence-corrected chi connectivity index (χ3v) is 6.86. The fourth-order valence-corrected chi connectivity index (χ4v) is 4.94. The lowest BCUT2D eigenvalue weighted by Gasteiger charge is -2.38. The molecular formula is C25H29N3O3S. The highest BCUT2D eigenvalue weighted by Gasteiger charge is 2.27. The predicted octanol–water partition coefficient (Wildman–Crippen LogP) is 4.35. The SMILES string of the molecule is CC(C)(C)c1ccccc1N1CCN(C(=O)c2ccc3c(c2)N=C(SCC(=O)O)C3)CC1. The third-order valence-electron chi connectivity index (χ3n) is 5.90. The monoisotopic (exact) mass is 451 g/mol. The molecule has 0 radical (unpaired) electrons. The summed E-state index contributed by atoms with van der Waals surface area (Å²) in [6.45, 7) is 9.65. The molecule has 7 heteroatoms. The number of aliphatic imine (C=N–C) groups is 1. The topological polar surface area (TPSA) is 73.2 Å². The predicted molar refractivity (Wildman–Crippen MR) is 131 cm³/mol. The van der Waals surface area contributed by atoms with Crippen LogP contribution in [-0.2, 0) is 16.6 Å². The summed E-state index contributed by atoms with van der Waals surface area (Å²) in [4.78, 5) is 32.8. The number of nitrogens with zero attached hydrogens (tertiary/aromatic N) is 3. The van der Waals surface area contributed by atoms with Crippen LogP contribution in [0, 0.1) is 0 Å². The van der Waals surface area contributed by atoms with Crippen molar-refractivity contribution in [1.82, 2.24) is 4.90 Å². The number of fused-ring (bicyclic) bond motifs is 1. The Bertz CT molecular complexity index is 1070. The van der Waals surface area contributed by atoms with Crippen LogP contribution in [0.5, 0.6) is 0 Å². The molecule has 0 unspecified atom stereocenters. The second-order valence-corrected chi connectivity index (χ2v) is 10.3. The maximum atomic E-state index is 13.1. The number of hydrogen-bond donors (Lipinski definition) is 1. The smallest absolute Gasteiger partial charge is 0.313 e. The summed E-state index contributed by atoms with van der Waals surface area (Å²) in [6.07, 6.45) is 0.633. The standard InChI is InChI=1S/C25H29N3O3S/c1-25(2,3)19-6-4-5-7-21(19)27-10-12-28(13-11-27)24(31)18-9-8-17-15-22(26-20(17)14-18)32-16-23(29)30/h4-9,14H,10-13,15-16H2,1-3H3,(H,29,30). The number of benzene rings is 2. The van der Waals surface area contributed by atoms with Gasteiger partial charge in [0.1, 0.15) is 0 Å². The summed E-state index contributed by atoms with van der Waals surface area (Å²) in [5.41, 5.74) is 5.11. The van der Waals surface area contributed by atoms with E-state index >= 15 is 0 Å². The zero-order chi connectivity index (χ0) is 22.9.